The fourth-order valence-corrected chi connectivity index (χ4v) is 3.43. The van der Waals surface area contributed by atoms with Crippen molar-refractivity contribution in [3.8, 4) is 11.1 Å². The molecule has 1 amide bonds. The van der Waals surface area contributed by atoms with Crippen LogP contribution >= 0.6 is 11.6 Å². The number of benzene rings is 1. The summed E-state index contributed by atoms with van der Waals surface area (Å²) in [5, 5.41) is 9.99. The lowest BCUT2D eigenvalue weighted by Crippen LogP contribution is -2.09. The number of nitrogens with zero attached hydrogens (tertiary/aromatic N) is 3. The van der Waals surface area contributed by atoms with Crippen LogP contribution in [0.3, 0.4) is 0 Å². The number of carbonyl (C=O) groups excluding carboxylic acids is 1. The third-order valence-electron chi connectivity index (χ3n) is 4.58. The predicted octanol–water partition coefficient (Wildman–Crippen LogP) is 4.43. The van der Waals surface area contributed by atoms with Gasteiger partial charge in [-0.25, -0.2) is 9.37 Å². The van der Waals surface area contributed by atoms with Gasteiger partial charge in [0, 0.05) is 34.3 Å². The summed E-state index contributed by atoms with van der Waals surface area (Å²) >= 11 is 6.36. The first-order valence-electron chi connectivity index (χ1n) is 9.30. The summed E-state index contributed by atoms with van der Waals surface area (Å²) in [6.07, 6.45) is 10.1. The molecule has 0 radical (unpaired) electrons. The fraction of sp³-hybridized carbons (Fsp3) is 0.250. The quantitative estimate of drug-likeness (QED) is 0.430. The maximum Gasteiger partial charge on any atom is 0.212 e. The lowest BCUT2D eigenvalue weighted by Gasteiger charge is -2.14. The fourth-order valence-electron chi connectivity index (χ4n) is 3.12. The smallest absolute Gasteiger partial charge is 0.212 e. The minimum Gasteiger partial charge on any atom is -0.324 e. The van der Waals surface area contributed by atoms with E-state index >= 15 is 0 Å². The van der Waals surface area contributed by atoms with Crippen molar-refractivity contribution in [2.45, 2.75) is 32.2 Å². The Morgan fingerprint density at radius 2 is 2.10 bits per heavy atom. The minimum atomic E-state index is -0.567. The van der Waals surface area contributed by atoms with Gasteiger partial charge in [0.25, 0.3) is 0 Å². The van der Waals surface area contributed by atoms with Crippen molar-refractivity contribution in [3.63, 3.8) is 0 Å². The summed E-state index contributed by atoms with van der Waals surface area (Å²) < 4.78 is 16.6. The van der Waals surface area contributed by atoms with E-state index in [9.17, 15) is 9.18 Å². The topological polar surface area (TPSA) is 101 Å². The standard InChI is InChI=1S/C17H14ClFN6O.C3H6/c1-8(20)13-16(19)15(18)14(10-4-22-24-17(10)13)9-2-3-12-23-11(21-7-26)6-25(12)5-9;1-2-3-1/h2-8H,20H2,1H3,(H,21,26)(H,22,24);1-3H2. The molecule has 1 unspecified atom stereocenters. The molecule has 9 heteroatoms. The monoisotopic (exact) mass is 414 g/mol. The summed E-state index contributed by atoms with van der Waals surface area (Å²) in [4.78, 5) is 14.8. The van der Waals surface area contributed by atoms with Crippen LogP contribution in [-0.2, 0) is 4.79 Å². The number of imidazole rings is 1. The number of nitrogens with one attached hydrogen (secondary N) is 2. The number of rotatable bonds is 4. The average Bonchev–Trinajstić information content (AvgIpc) is 3.41. The van der Waals surface area contributed by atoms with Crippen LogP contribution in [0, 0.1) is 5.82 Å². The molecule has 1 aliphatic carbocycles. The van der Waals surface area contributed by atoms with Gasteiger partial charge in [-0.1, -0.05) is 30.9 Å². The summed E-state index contributed by atoms with van der Waals surface area (Å²) in [5.41, 5.74) is 8.55. The molecule has 7 nitrogen and oxygen atoms in total. The number of aromatic amines is 1. The lowest BCUT2D eigenvalue weighted by atomic mass is 9.97. The van der Waals surface area contributed by atoms with Gasteiger partial charge in [0.2, 0.25) is 6.41 Å². The number of fused-ring (bicyclic) bond motifs is 2. The molecule has 1 aromatic carbocycles. The number of hydrogen-bond donors (Lipinski definition) is 3. The number of pyridine rings is 1. The Hall–Kier alpha value is -2.97. The maximum atomic E-state index is 14.9. The Morgan fingerprint density at radius 1 is 1.34 bits per heavy atom. The van der Waals surface area contributed by atoms with E-state index in [0.29, 0.717) is 45.5 Å². The normalized spacial score (nSPS) is 13.8. The van der Waals surface area contributed by atoms with Gasteiger partial charge >= 0.3 is 0 Å². The Labute approximate surface area is 171 Å². The Morgan fingerprint density at radius 3 is 2.76 bits per heavy atom. The first-order chi connectivity index (χ1) is 14.0. The molecule has 0 spiro atoms. The highest BCUT2D eigenvalue weighted by Gasteiger charge is 2.23. The minimum absolute atomic E-state index is 0.0168. The van der Waals surface area contributed by atoms with E-state index in [0.717, 1.165) is 0 Å². The molecule has 5 rings (SSSR count). The van der Waals surface area contributed by atoms with Crippen molar-refractivity contribution < 1.29 is 9.18 Å². The largest absolute Gasteiger partial charge is 0.324 e. The highest BCUT2D eigenvalue weighted by atomic mass is 35.5. The number of anilines is 1. The van der Waals surface area contributed by atoms with Gasteiger partial charge in [0.15, 0.2) is 5.82 Å². The lowest BCUT2D eigenvalue weighted by molar-refractivity contribution is -0.105. The van der Waals surface area contributed by atoms with Gasteiger partial charge in [-0.2, -0.15) is 5.10 Å². The molecular formula is C20H20ClFN6O. The first-order valence-corrected chi connectivity index (χ1v) is 9.68. The van der Waals surface area contributed by atoms with E-state index < -0.39 is 11.9 Å². The summed E-state index contributed by atoms with van der Waals surface area (Å²) in [6.45, 7) is 1.69. The van der Waals surface area contributed by atoms with Gasteiger partial charge < -0.3 is 15.5 Å². The number of H-pyrrole nitrogens is 1. The number of nitrogens with two attached hydrogens (primary N) is 1. The number of halogens is 2. The second-order valence-electron chi connectivity index (χ2n) is 7.00. The Balaban J connectivity index is 0.000000626. The number of amides is 1. The molecule has 1 saturated carbocycles. The summed E-state index contributed by atoms with van der Waals surface area (Å²) in [6, 6.07) is 2.99. The van der Waals surface area contributed by atoms with Gasteiger partial charge in [-0.15, -0.1) is 0 Å². The van der Waals surface area contributed by atoms with Crippen molar-refractivity contribution >= 4 is 40.4 Å². The maximum absolute atomic E-state index is 14.9. The second-order valence-corrected chi connectivity index (χ2v) is 7.37. The molecule has 1 atom stereocenters. The third kappa shape index (κ3) is 3.68. The molecule has 0 bridgehead atoms. The molecule has 4 aromatic rings. The van der Waals surface area contributed by atoms with Crippen molar-refractivity contribution in [1.82, 2.24) is 19.6 Å². The predicted molar refractivity (Wildman–Crippen MR) is 111 cm³/mol. The number of aromatic nitrogens is 4. The zero-order chi connectivity index (χ0) is 20.5. The van der Waals surface area contributed by atoms with Gasteiger partial charge in [0.1, 0.15) is 11.5 Å². The zero-order valence-corrected chi connectivity index (χ0v) is 16.5. The van der Waals surface area contributed by atoms with E-state index in [-0.39, 0.29) is 5.02 Å². The van der Waals surface area contributed by atoms with Gasteiger partial charge in [-0.05, 0) is 19.1 Å². The molecule has 29 heavy (non-hydrogen) atoms. The van der Waals surface area contributed by atoms with E-state index in [2.05, 4.69) is 20.5 Å². The van der Waals surface area contributed by atoms with Gasteiger partial charge in [0.05, 0.1) is 22.9 Å². The van der Waals surface area contributed by atoms with Crippen LogP contribution < -0.4 is 11.1 Å². The highest BCUT2D eigenvalue weighted by molar-refractivity contribution is 6.35. The molecule has 150 valence electrons. The van der Waals surface area contributed by atoms with Crippen LogP contribution in [0.25, 0.3) is 27.7 Å². The van der Waals surface area contributed by atoms with E-state index in [1.54, 1.807) is 42.0 Å². The molecule has 0 saturated heterocycles. The van der Waals surface area contributed by atoms with Crippen molar-refractivity contribution in [2.24, 2.45) is 5.73 Å². The molecule has 3 heterocycles. The molecule has 0 aliphatic heterocycles. The molecule has 1 aliphatic rings. The third-order valence-corrected chi connectivity index (χ3v) is 4.94. The van der Waals surface area contributed by atoms with E-state index in [4.69, 9.17) is 17.3 Å². The molecule has 4 N–H and O–H groups in total. The van der Waals surface area contributed by atoms with Crippen LogP contribution in [0.2, 0.25) is 5.02 Å². The molecular weight excluding hydrogens is 395 g/mol. The van der Waals surface area contributed by atoms with Crippen molar-refractivity contribution in [2.75, 3.05) is 5.32 Å². The van der Waals surface area contributed by atoms with E-state index in [1.807, 2.05) is 0 Å². The first kappa shape index (κ1) is 19.4. The zero-order valence-electron chi connectivity index (χ0n) is 15.7. The Bertz CT molecular complexity index is 1190. The van der Waals surface area contributed by atoms with Crippen molar-refractivity contribution in [1.29, 1.82) is 0 Å². The molecule has 1 fully saturated rings. The van der Waals surface area contributed by atoms with Crippen molar-refractivity contribution in [3.05, 3.63) is 47.1 Å². The van der Waals surface area contributed by atoms with E-state index in [1.165, 1.54) is 19.3 Å². The van der Waals surface area contributed by atoms with Crippen LogP contribution in [0.4, 0.5) is 10.2 Å². The summed E-state index contributed by atoms with van der Waals surface area (Å²) in [7, 11) is 0. The second kappa shape index (κ2) is 7.81. The van der Waals surface area contributed by atoms with Crippen LogP contribution in [0.15, 0.2) is 30.7 Å². The number of hydrogen-bond acceptors (Lipinski definition) is 4. The summed E-state index contributed by atoms with van der Waals surface area (Å²) in [5.74, 6) is -0.155. The van der Waals surface area contributed by atoms with Gasteiger partial charge in [-0.3, -0.25) is 9.89 Å². The highest BCUT2D eigenvalue weighted by Crippen LogP contribution is 2.40. The van der Waals surface area contributed by atoms with Crippen LogP contribution in [0.5, 0.6) is 0 Å². The SMILES string of the molecule is C1CC1.CC(N)c1c(F)c(Cl)c(-c2ccc3nc(NC=O)cn3c2)c2cn[nH]c12. The Kier molecular flexibility index (Phi) is 5.21. The van der Waals surface area contributed by atoms with Crippen LogP contribution in [-0.4, -0.2) is 26.0 Å². The van der Waals surface area contributed by atoms with Crippen LogP contribution in [0.1, 0.15) is 37.8 Å². The molecule has 3 aromatic heterocycles. The number of carbonyl (C=O) groups is 1. The average molecular weight is 415 g/mol.